The Kier molecular flexibility index (Phi) is 7.98. The largest absolute Gasteiger partial charge is 0.394 e. The molecule has 1 aliphatic carbocycles. The van der Waals surface area contributed by atoms with Gasteiger partial charge in [0.05, 0.1) is 37.4 Å². The molecule has 6 atom stereocenters. The lowest BCUT2D eigenvalue weighted by Gasteiger charge is -2.23. The number of carbonyl (C=O) groups excluding carboxylic acids is 1. The second-order valence-electron chi connectivity index (χ2n) is 10.7. The molecule has 5 rings (SSSR count). The molecule has 14 nitrogen and oxygen atoms in total. The van der Waals surface area contributed by atoms with Crippen molar-refractivity contribution in [1.29, 1.82) is 0 Å². The molecule has 39 heavy (non-hydrogen) atoms. The lowest BCUT2D eigenvalue weighted by molar-refractivity contribution is -0.122. The third kappa shape index (κ3) is 5.55. The number of rotatable bonds is 10. The monoisotopic (exact) mass is 542 g/mol. The van der Waals surface area contributed by atoms with Crippen LogP contribution in [0.1, 0.15) is 37.9 Å². The van der Waals surface area contributed by atoms with Crippen molar-refractivity contribution < 1.29 is 20.1 Å². The lowest BCUT2D eigenvalue weighted by Crippen LogP contribution is -2.42. The summed E-state index contributed by atoms with van der Waals surface area (Å²) in [6.45, 7) is 3.15. The molecule has 1 amide bonds. The predicted octanol–water partition coefficient (Wildman–Crippen LogP) is -0.733. The fourth-order valence-corrected chi connectivity index (χ4v) is 5.49. The number of anilines is 2. The zero-order valence-corrected chi connectivity index (χ0v) is 22.5. The van der Waals surface area contributed by atoms with Crippen LogP contribution in [-0.2, 0) is 11.2 Å². The topological polar surface area (TPSA) is 181 Å². The van der Waals surface area contributed by atoms with E-state index in [2.05, 4.69) is 49.5 Å². The predicted molar refractivity (Wildman–Crippen MR) is 144 cm³/mol. The van der Waals surface area contributed by atoms with Gasteiger partial charge >= 0.3 is 0 Å². The standard InChI is InChI=1S/C25H38N10O4/c1-4-19(37)30-17-8-18(22(39)21(17)38)35-13-28-20-23(29-15(11-36)7-14-9-26-12-27-14)31-25(32-24(20)35)34-6-5-16(10-34)33(2)3/h9,12-13,15-18,21-22,36,38-39H,4-8,10-11H2,1-3H3,(H,26,27)(H,30,37)(H,29,31,32)/t15-,16+,17-,18+,21+,22-/m0/s1. The number of imidazole rings is 2. The molecule has 14 heteroatoms. The van der Waals surface area contributed by atoms with Gasteiger partial charge in [-0.25, -0.2) is 9.97 Å². The molecule has 3 aromatic heterocycles. The minimum atomic E-state index is -1.12. The van der Waals surface area contributed by atoms with E-state index in [1.807, 2.05) is 0 Å². The van der Waals surface area contributed by atoms with Gasteiger partial charge in [0.25, 0.3) is 0 Å². The van der Waals surface area contributed by atoms with Gasteiger partial charge in [0, 0.05) is 43.9 Å². The van der Waals surface area contributed by atoms with Gasteiger partial charge in [0.2, 0.25) is 11.9 Å². The average Bonchev–Trinajstić information content (AvgIpc) is 3.73. The second kappa shape index (κ2) is 11.4. The fourth-order valence-electron chi connectivity index (χ4n) is 5.49. The Balaban J connectivity index is 1.50. The van der Waals surface area contributed by atoms with Gasteiger partial charge in [-0.05, 0) is 26.9 Å². The smallest absolute Gasteiger partial charge is 0.229 e. The highest BCUT2D eigenvalue weighted by molar-refractivity contribution is 5.85. The zero-order chi connectivity index (χ0) is 27.7. The minimum absolute atomic E-state index is 0.140. The maximum absolute atomic E-state index is 12.0. The molecular weight excluding hydrogens is 504 g/mol. The molecule has 1 saturated carbocycles. The number of likely N-dealkylation sites (N-methyl/N-ethyl adjacent to an activating group) is 1. The van der Waals surface area contributed by atoms with Gasteiger partial charge in [-0.15, -0.1) is 0 Å². The van der Waals surface area contributed by atoms with E-state index in [4.69, 9.17) is 9.97 Å². The highest BCUT2D eigenvalue weighted by atomic mass is 16.3. The van der Waals surface area contributed by atoms with Gasteiger partial charge in [-0.3, -0.25) is 4.79 Å². The van der Waals surface area contributed by atoms with Gasteiger partial charge in [-0.2, -0.15) is 9.97 Å². The molecule has 2 fully saturated rings. The Morgan fingerprint density at radius 2 is 2.10 bits per heavy atom. The van der Waals surface area contributed by atoms with Crippen molar-refractivity contribution in [1.82, 2.24) is 39.7 Å². The van der Waals surface area contributed by atoms with Crippen LogP contribution in [0, 0.1) is 0 Å². The van der Waals surface area contributed by atoms with Gasteiger partial charge in [0.15, 0.2) is 17.0 Å². The molecule has 4 heterocycles. The number of hydrogen-bond donors (Lipinski definition) is 6. The van der Waals surface area contributed by atoms with E-state index in [0.717, 1.165) is 25.2 Å². The first-order valence-electron chi connectivity index (χ1n) is 13.4. The molecule has 0 aromatic carbocycles. The van der Waals surface area contributed by atoms with Crippen LogP contribution in [0.25, 0.3) is 11.2 Å². The van der Waals surface area contributed by atoms with E-state index in [1.54, 1.807) is 30.3 Å². The fraction of sp³-hybridized carbons (Fsp3) is 0.640. The molecule has 212 valence electrons. The van der Waals surface area contributed by atoms with Crippen LogP contribution in [0.3, 0.4) is 0 Å². The van der Waals surface area contributed by atoms with Crippen molar-refractivity contribution in [3.05, 3.63) is 24.5 Å². The summed E-state index contributed by atoms with van der Waals surface area (Å²) in [6, 6.07) is -1.12. The summed E-state index contributed by atoms with van der Waals surface area (Å²) < 4.78 is 1.76. The molecular formula is C25H38N10O4. The molecule has 3 aromatic rings. The molecule has 0 radical (unpaired) electrons. The Hall–Kier alpha value is -3.33. The molecule has 0 unspecified atom stereocenters. The zero-order valence-electron chi connectivity index (χ0n) is 22.5. The number of carbonyl (C=O) groups is 1. The Bertz CT molecular complexity index is 1270. The van der Waals surface area contributed by atoms with Crippen molar-refractivity contribution in [2.45, 2.75) is 69.0 Å². The normalized spacial score (nSPS) is 26.0. The number of fused-ring (bicyclic) bond motifs is 1. The highest BCUT2D eigenvalue weighted by Gasteiger charge is 2.44. The van der Waals surface area contributed by atoms with E-state index in [9.17, 15) is 20.1 Å². The Morgan fingerprint density at radius 1 is 1.28 bits per heavy atom. The van der Waals surface area contributed by atoms with E-state index in [0.29, 0.717) is 41.8 Å². The number of amides is 1. The highest BCUT2D eigenvalue weighted by Crippen LogP contribution is 2.35. The third-order valence-electron chi connectivity index (χ3n) is 7.85. The summed E-state index contributed by atoms with van der Waals surface area (Å²) in [7, 11) is 4.12. The third-order valence-corrected chi connectivity index (χ3v) is 7.85. The molecule has 2 aliphatic rings. The van der Waals surface area contributed by atoms with E-state index in [1.165, 1.54) is 0 Å². The van der Waals surface area contributed by atoms with Crippen LogP contribution >= 0.6 is 0 Å². The first-order valence-corrected chi connectivity index (χ1v) is 13.4. The number of aromatic amines is 1. The molecule has 6 N–H and O–H groups in total. The first-order chi connectivity index (χ1) is 18.8. The van der Waals surface area contributed by atoms with Crippen LogP contribution in [-0.4, -0.2) is 120 Å². The molecule has 0 bridgehead atoms. The van der Waals surface area contributed by atoms with E-state index >= 15 is 0 Å². The molecule has 1 saturated heterocycles. The van der Waals surface area contributed by atoms with Crippen molar-refractivity contribution in [3.63, 3.8) is 0 Å². The van der Waals surface area contributed by atoms with Crippen LogP contribution in [0.4, 0.5) is 11.8 Å². The maximum atomic E-state index is 12.0. The van der Waals surface area contributed by atoms with E-state index in [-0.39, 0.29) is 25.0 Å². The van der Waals surface area contributed by atoms with Gasteiger partial charge in [0.1, 0.15) is 12.2 Å². The number of nitrogens with one attached hydrogen (secondary N) is 3. The second-order valence-corrected chi connectivity index (χ2v) is 10.7. The maximum Gasteiger partial charge on any atom is 0.229 e. The summed E-state index contributed by atoms with van der Waals surface area (Å²) in [5.74, 6) is 0.818. The van der Waals surface area contributed by atoms with Crippen molar-refractivity contribution in [2.75, 3.05) is 44.0 Å². The SMILES string of the molecule is CCC(=O)N[C@H]1C[C@@H](n2cnc3c(N[C@H](CO)Cc4cnc[nH]4)nc(N4CC[C@@H](N(C)C)C4)nc32)[C@H](O)[C@@H]1O. The van der Waals surface area contributed by atoms with Crippen LogP contribution in [0.15, 0.2) is 18.9 Å². The average molecular weight is 543 g/mol. The summed E-state index contributed by atoms with van der Waals surface area (Å²) >= 11 is 0. The Morgan fingerprint density at radius 3 is 2.77 bits per heavy atom. The number of aromatic nitrogens is 6. The number of H-pyrrole nitrogens is 1. The summed E-state index contributed by atoms with van der Waals surface area (Å²) in [6.07, 6.45) is 4.76. The first kappa shape index (κ1) is 27.2. The van der Waals surface area contributed by atoms with Gasteiger partial charge in [-0.1, -0.05) is 6.92 Å². The van der Waals surface area contributed by atoms with Crippen LogP contribution in [0.5, 0.6) is 0 Å². The van der Waals surface area contributed by atoms with Crippen molar-refractivity contribution in [3.8, 4) is 0 Å². The summed E-state index contributed by atoms with van der Waals surface area (Å²) in [5.41, 5.74) is 1.87. The van der Waals surface area contributed by atoms with Crippen molar-refractivity contribution >= 4 is 28.8 Å². The van der Waals surface area contributed by atoms with Crippen LogP contribution in [0.2, 0.25) is 0 Å². The van der Waals surface area contributed by atoms with Crippen LogP contribution < -0.4 is 15.5 Å². The molecule has 1 aliphatic heterocycles. The summed E-state index contributed by atoms with van der Waals surface area (Å²) in [5, 5.41) is 37.9. The lowest BCUT2D eigenvalue weighted by atomic mass is 10.2. The van der Waals surface area contributed by atoms with Crippen molar-refractivity contribution in [2.24, 2.45) is 0 Å². The number of aliphatic hydroxyl groups is 3. The Labute approximate surface area is 226 Å². The number of nitrogens with zero attached hydrogens (tertiary/aromatic N) is 7. The van der Waals surface area contributed by atoms with E-state index < -0.39 is 24.3 Å². The van der Waals surface area contributed by atoms with Gasteiger partial charge < -0.3 is 45.3 Å². The minimum Gasteiger partial charge on any atom is -0.394 e. The quantitative estimate of drug-likeness (QED) is 0.190. The number of aliphatic hydroxyl groups excluding tert-OH is 3. The number of hydrogen-bond acceptors (Lipinski definition) is 11. The molecule has 0 spiro atoms. The summed E-state index contributed by atoms with van der Waals surface area (Å²) in [4.78, 5) is 37.7.